The predicted molar refractivity (Wildman–Crippen MR) is 110 cm³/mol. The highest BCUT2D eigenvalue weighted by molar-refractivity contribution is 7.11. The summed E-state index contributed by atoms with van der Waals surface area (Å²) in [6.45, 7) is 7.77. The van der Waals surface area contributed by atoms with Gasteiger partial charge in [0.05, 0.1) is 5.01 Å². The lowest BCUT2D eigenvalue weighted by Crippen LogP contribution is -2.38. The van der Waals surface area contributed by atoms with Crippen molar-refractivity contribution in [3.05, 3.63) is 39.8 Å². The van der Waals surface area contributed by atoms with E-state index in [1.807, 2.05) is 12.3 Å². The molecule has 1 aromatic carbocycles. The van der Waals surface area contributed by atoms with Crippen molar-refractivity contribution in [2.75, 3.05) is 33.4 Å². The van der Waals surface area contributed by atoms with Crippen LogP contribution in [-0.2, 0) is 19.4 Å². The maximum atomic E-state index is 5.68. The Morgan fingerprint density at radius 2 is 2.07 bits per heavy atom. The maximum Gasteiger partial charge on any atom is 0.193 e. The van der Waals surface area contributed by atoms with Gasteiger partial charge in [0.15, 0.2) is 17.5 Å². The Hall–Kier alpha value is -2.28. The van der Waals surface area contributed by atoms with Gasteiger partial charge in [-0.25, -0.2) is 4.98 Å². The zero-order valence-corrected chi connectivity index (χ0v) is 17.1. The summed E-state index contributed by atoms with van der Waals surface area (Å²) in [7, 11) is 2.05. The van der Waals surface area contributed by atoms with E-state index in [2.05, 4.69) is 48.2 Å². The number of hydrogen-bond donors (Lipinski definition) is 1. The molecule has 2 aromatic rings. The second-order valence-corrected chi connectivity index (χ2v) is 7.59. The van der Waals surface area contributed by atoms with Crippen molar-refractivity contribution >= 4 is 17.3 Å². The minimum absolute atomic E-state index is 0.604. The Morgan fingerprint density at radius 3 is 2.81 bits per heavy atom. The van der Waals surface area contributed by atoms with E-state index in [0.29, 0.717) is 13.2 Å². The molecule has 6 nitrogen and oxygen atoms in total. The summed E-state index contributed by atoms with van der Waals surface area (Å²) in [4.78, 5) is 12.7. The van der Waals surface area contributed by atoms with E-state index in [1.54, 1.807) is 11.3 Å². The molecule has 0 amide bonds. The van der Waals surface area contributed by atoms with Gasteiger partial charge in [0.25, 0.3) is 0 Å². The number of nitrogens with one attached hydrogen (secondary N) is 1. The van der Waals surface area contributed by atoms with Gasteiger partial charge in [0.1, 0.15) is 13.2 Å². The summed E-state index contributed by atoms with van der Waals surface area (Å²) < 4.78 is 11.3. The minimum atomic E-state index is 0.604. The predicted octanol–water partition coefficient (Wildman–Crippen LogP) is 3.12. The molecule has 27 heavy (non-hydrogen) atoms. The minimum Gasteiger partial charge on any atom is -0.486 e. The normalized spacial score (nSPS) is 13.5. The molecule has 1 aliphatic heterocycles. The fraction of sp³-hybridized carbons (Fsp3) is 0.500. The highest BCUT2D eigenvalue weighted by atomic mass is 32.1. The van der Waals surface area contributed by atoms with Gasteiger partial charge < -0.3 is 19.7 Å². The highest BCUT2D eigenvalue weighted by Gasteiger charge is 2.13. The Balaban J connectivity index is 1.61. The second kappa shape index (κ2) is 9.60. The lowest BCUT2D eigenvalue weighted by molar-refractivity contribution is 0.171. The summed E-state index contributed by atoms with van der Waals surface area (Å²) in [6, 6.07) is 6.11. The van der Waals surface area contributed by atoms with Crippen LogP contribution in [0, 0.1) is 0 Å². The van der Waals surface area contributed by atoms with Crippen LogP contribution >= 0.6 is 11.3 Å². The second-order valence-electron chi connectivity index (χ2n) is 6.39. The number of aromatic nitrogens is 1. The van der Waals surface area contributed by atoms with Crippen LogP contribution < -0.4 is 14.8 Å². The average molecular weight is 389 g/mol. The molecule has 1 aromatic heterocycles. The summed E-state index contributed by atoms with van der Waals surface area (Å²) in [5.74, 6) is 2.55. The molecule has 1 N–H and O–H groups in total. The number of benzene rings is 1. The smallest absolute Gasteiger partial charge is 0.193 e. The number of thiazole rings is 1. The van der Waals surface area contributed by atoms with Gasteiger partial charge >= 0.3 is 0 Å². The van der Waals surface area contributed by atoms with Crippen molar-refractivity contribution in [3.8, 4) is 11.5 Å². The van der Waals surface area contributed by atoms with Crippen LogP contribution in [0.15, 0.2) is 29.4 Å². The molecule has 2 heterocycles. The average Bonchev–Trinajstić information content (AvgIpc) is 3.15. The van der Waals surface area contributed by atoms with Crippen molar-refractivity contribution in [1.29, 1.82) is 0 Å². The van der Waals surface area contributed by atoms with Crippen LogP contribution in [-0.4, -0.2) is 49.2 Å². The number of ether oxygens (including phenoxy) is 2. The molecule has 0 radical (unpaired) electrons. The number of aryl methyl sites for hydroxylation is 1. The van der Waals surface area contributed by atoms with Crippen molar-refractivity contribution < 1.29 is 9.47 Å². The molecular weight excluding hydrogens is 360 g/mol. The van der Waals surface area contributed by atoms with Gasteiger partial charge in [-0.15, -0.1) is 11.3 Å². The van der Waals surface area contributed by atoms with E-state index in [-0.39, 0.29) is 0 Å². The molecular formula is C20H28N4O2S. The molecule has 0 fully saturated rings. The number of fused-ring (bicyclic) bond motifs is 1. The zero-order valence-electron chi connectivity index (χ0n) is 16.3. The third-order valence-corrected chi connectivity index (χ3v) is 5.46. The summed E-state index contributed by atoms with van der Waals surface area (Å²) in [5, 5.41) is 4.52. The summed E-state index contributed by atoms with van der Waals surface area (Å²) >= 11 is 1.78. The van der Waals surface area contributed by atoms with E-state index >= 15 is 0 Å². The fourth-order valence-electron chi connectivity index (χ4n) is 2.89. The molecule has 146 valence electrons. The number of aliphatic imine (C=N–C) groups is 1. The lowest BCUT2D eigenvalue weighted by Gasteiger charge is -2.23. The van der Waals surface area contributed by atoms with Crippen LogP contribution in [0.3, 0.4) is 0 Å². The quantitative estimate of drug-likeness (QED) is 0.583. The van der Waals surface area contributed by atoms with Crippen LogP contribution in [0.1, 0.15) is 29.3 Å². The molecule has 3 rings (SSSR count). The first-order chi connectivity index (χ1) is 13.2. The van der Waals surface area contributed by atoms with E-state index in [4.69, 9.17) is 14.5 Å². The van der Waals surface area contributed by atoms with Gasteiger partial charge in [-0.05, 0) is 31.0 Å². The summed E-state index contributed by atoms with van der Waals surface area (Å²) in [6.07, 6.45) is 3.89. The third-order valence-electron chi connectivity index (χ3n) is 4.26. The molecule has 0 atom stereocenters. The Labute approximate surface area is 165 Å². The number of nitrogens with zero attached hydrogens (tertiary/aromatic N) is 3. The molecule has 1 aliphatic rings. The van der Waals surface area contributed by atoms with Crippen molar-refractivity contribution in [1.82, 2.24) is 15.2 Å². The molecule has 0 spiro atoms. The number of hydrogen-bond acceptors (Lipinski definition) is 5. The Bertz CT molecular complexity index is 775. The first kappa shape index (κ1) is 19.5. The molecule has 0 unspecified atom stereocenters. The molecule has 7 heteroatoms. The maximum absolute atomic E-state index is 5.68. The zero-order chi connectivity index (χ0) is 19.1. The topological polar surface area (TPSA) is 59.0 Å². The van der Waals surface area contributed by atoms with Gasteiger partial charge in [-0.2, -0.15) is 0 Å². The van der Waals surface area contributed by atoms with E-state index in [0.717, 1.165) is 54.9 Å². The third kappa shape index (κ3) is 5.35. The fourth-order valence-corrected chi connectivity index (χ4v) is 3.74. The van der Waals surface area contributed by atoms with E-state index in [9.17, 15) is 0 Å². The van der Waals surface area contributed by atoms with Gasteiger partial charge in [0, 0.05) is 44.2 Å². The molecule has 0 saturated carbocycles. The molecule has 0 aliphatic carbocycles. The van der Waals surface area contributed by atoms with Crippen LogP contribution in [0.25, 0.3) is 0 Å². The SMILES string of the molecule is CCNC(=NCCc1ncc(CC)s1)N(C)Cc1ccc2c(c1)OCCO2. The lowest BCUT2D eigenvalue weighted by atomic mass is 10.2. The van der Waals surface area contributed by atoms with Gasteiger partial charge in [-0.1, -0.05) is 13.0 Å². The Kier molecular flexibility index (Phi) is 6.92. The van der Waals surface area contributed by atoms with Crippen molar-refractivity contribution in [2.24, 2.45) is 4.99 Å². The van der Waals surface area contributed by atoms with Gasteiger partial charge in [0.2, 0.25) is 0 Å². The van der Waals surface area contributed by atoms with E-state index < -0.39 is 0 Å². The first-order valence-corrected chi connectivity index (χ1v) is 10.3. The van der Waals surface area contributed by atoms with Crippen molar-refractivity contribution in [2.45, 2.75) is 33.2 Å². The monoisotopic (exact) mass is 388 g/mol. The standard InChI is InChI=1S/C20H28N4O2S/c1-4-16-13-23-19(27-16)8-9-22-20(21-5-2)24(3)14-15-6-7-17-18(12-15)26-11-10-25-17/h6-7,12-13H,4-5,8-11,14H2,1-3H3,(H,21,22). The molecule has 0 saturated heterocycles. The van der Waals surface area contributed by atoms with Crippen LogP contribution in [0.5, 0.6) is 11.5 Å². The van der Waals surface area contributed by atoms with Crippen molar-refractivity contribution in [3.63, 3.8) is 0 Å². The number of guanidine groups is 1. The van der Waals surface area contributed by atoms with Crippen LogP contribution in [0.4, 0.5) is 0 Å². The highest BCUT2D eigenvalue weighted by Crippen LogP contribution is 2.31. The number of rotatable bonds is 7. The van der Waals surface area contributed by atoms with Gasteiger partial charge in [-0.3, -0.25) is 4.99 Å². The van der Waals surface area contributed by atoms with Crippen LogP contribution in [0.2, 0.25) is 0 Å². The van der Waals surface area contributed by atoms with E-state index in [1.165, 1.54) is 10.4 Å². The summed E-state index contributed by atoms with van der Waals surface area (Å²) in [5.41, 5.74) is 1.17. The molecule has 0 bridgehead atoms. The Morgan fingerprint density at radius 1 is 1.26 bits per heavy atom. The first-order valence-electron chi connectivity index (χ1n) is 9.51. The largest absolute Gasteiger partial charge is 0.486 e.